The van der Waals surface area contributed by atoms with Crippen LogP contribution in [0.5, 0.6) is 0 Å². The first-order valence-electron chi connectivity index (χ1n) is 2.19. The van der Waals surface area contributed by atoms with Crippen LogP contribution in [-0.2, 0) is 4.79 Å². The monoisotopic (exact) mass is 149 g/mol. The molecule has 1 aliphatic rings. The lowest BCUT2D eigenvalue weighted by Crippen LogP contribution is -2.03. The van der Waals surface area contributed by atoms with Gasteiger partial charge in [-0.2, -0.15) is 4.99 Å². The second-order valence-corrected chi connectivity index (χ2v) is 3.02. The summed E-state index contributed by atoms with van der Waals surface area (Å²) in [6.07, 6.45) is 0.529. The van der Waals surface area contributed by atoms with Gasteiger partial charge < -0.3 is 0 Å². The molecule has 0 aromatic carbocycles. The second kappa shape index (κ2) is 2.51. The van der Waals surface area contributed by atoms with E-state index in [-0.39, 0.29) is 5.91 Å². The fourth-order valence-corrected chi connectivity index (χ4v) is 1.35. The summed E-state index contributed by atoms with van der Waals surface area (Å²) in [6.45, 7) is 0. The van der Waals surface area contributed by atoms with Crippen molar-refractivity contribution in [1.82, 2.24) is 0 Å². The largest absolute Gasteiger partial charge is 0.273 e. The molecule has 1 rings (SSSR count). The molecule has 0 atom stereocenters. The number of thioether (sulfide) groups is 1. The molecule has 0 aromatic heterocycles. The SMILES string of the molecule is O=C1CCSC(Cl)=N1. The van der Waals surface area contributed by atoms with Gasteiger partial charge in [-0.05, 0) is 0 Å². The highest BCUT2D eigenvalue weighted by molar-refractivity contribution is 8.16. The maximum absolute atomic E-state index is 10.4. The predicted octanol–water partition coefficient (Wildman–Crippen LogP) is 1.24. The molecule has 8 heavy (non-hydrogen) atoms. The van der Waals surface area contributed by atoms with Crippen molar-refractivity contribution in [3.63, 3.8) is 0 Å². The first-order valence-corrected chi connectivity index (χ1v) is 3.55. The third-order valence-electron chi connectivity index (χ3n) is 0.750. The molecule has 44 valence electrons. The Kier molecular flexibility index (Phi) is 1.91. The third kappa shape index (κ3) is 1.49. The number of nitrogens with zero attached hydrogens (tertiary/aromatic N) is 1. The Bertz CT molecular complexity index is 145. The van der Waals surface area contributed by atoms with Crippen LogP contribution < -0.4 is 0 Å². The zero-order valence-corrected chi connectivity index (χ0v) is 5.63. The van der Waals surface area contributed by atoms with Crippen molar-refractivity contribution < 1.29 is 4.79 Å². The fourth-order valence-electron chi connectivity index (χ4n) is 0.409. The Labute approximate surface area is 56.3 Å². The summed E-state index contributed by atoms with van der Waals surface area (Å²) in [5.41, 5.74) is 0. The molecule has 0 aromatic rings. The van der Waals surface area contributed by atoms with E-state index in [4.69, 9.17) is 11.6 Å². The summed E-state index contributed by atoms with van der Waals surface area (Å²) in [5, 5.41) is 0. The Morgan fingerprint density at radius 2 is 2.50 bits per heavy atom. The summed E-state index contributed by atoms with van der Waals surface area (Å²) in [6, 6.07) is 0. The van der Waals surface area contributed by atoms with Crippen molar-refractivity contribution in [3.8, 4) is 0 Å². The molecular weight excluding hydrogens is 146 g/mol. The maximum atomic E-state index is 10.4. The van der Waals surface area contributed by atoms with Gasteiger partial charge in [0.05, 0.1) is 0 Å². The number of halogens is 1. The van der Waals surface area contributed by atoms with Gasteiger partial charge in [0, 0.05) is 12.2 Å². The average molecular weight is 150 g/mol. The molecule has 0 spiro atoms. The van der Waals surface area contributed by atoms with Crippen LogP contribution in [0.4, 0.5) is 0 Å². The van der Waals surface area contributed by atoms with Crippen LogP contribution in [0.2, 0.25) is 0 Å². The number of carbonyl (C=O) groups is 1. The van der Waals surface area contributed by atoms with Crippen LogP contribution in [0.15, 0.2) is 4.99 Å². The normalized spacial score (nSPS) is 20.6. The van der Waals surface area contributed by atoms with Gasteiger partial charge in [0.15, 0.2) is 4.50 Å². The topological polar surface area (TPSA) is 29.4 Å². The van der Waals surface area contributed by atoms with Crippen molar-refractivity contribution >= 4 is 33.8 Å². The van der Waals surface area contributed by atoms with E-state index in [0.29, 0.717) is 10.9 Å². The van der Waals surface area contributed by atoms with Crippen LogP contribution in [0.1, 0.15) is 6.42 Å². The zero-order chi connectivity index (χ0) is 5.98. The Balaban J connectivity index is 2.64. The minimum atomic E-state index is -0.103. The number of carbonyl (C=O) groups excluding carboxylic acids is 1. The molecule has 0 bridgehead atoms. The van der Waals surface area contributed by atoms with Gasteiger partial charge in [-0.3, -0.25) is 4.79 Å². The maximum Gasteiger partial charge on any atom is 0.248 e. The van der Waals surface area contributed by atoms with Gasteiger partial charge in [0.25, 0.3) is 0 Å². The van der Waals surface area contributed by atoms with Crippen LogP contribution in [0.25, 0.3) is 0 Å². The third-order valence-corrected chi connectivity index (χ3v) is 1.90. The van der Waals surface area contributed by atoms with Gasteiger partial charge in [-0.25, -0.2) is 0 Å². The van der Waals surface area contributed by atoms with E-state index in [2.05, 4.69) is 4.99 Å². The molecule has 0 unspecified atom stereocenters. The first kappa shape index (κ1) is 6.11. The molecule has 1 amide bonds. The lowest BCUT2D eigenvalue weighted by Gasteiger charge is -2.01. The summed E-state index contributed by atoms with van der Waals surface area (Å²) < 4.78 is 0.376. The van der Waals surface area contributed by atoms with E-state index >= 15 is 0 Å². The summed E-state index contributed by atoms with van der Waals surface area (Å²) in [7, 11) is 0. The number of hydrogen-bond acceptors (Lipinski definition) is 2. The van der Waals surface area contributed by atoms with Crippen LogP contribution >= 0.6 is 23.4 Å². The lowest BCUT2D eigenvalue weighted by molar-refractivity contribution is -0.117. The van der Waals surface area contributed by atoms with Crippen molar-refractivity contribution in [3.05, 3.63) is 0 Å². The molecule has 0 radical (unpaired) electrons. The standard InChI is InChI=1S/C4H4ClNOS/c5-4-6-3(7)1-2-8-4/h1-2H2. The zero-order valence-electron chi connectivity index (χ0n) is 4.06. The number of rotatable bonds is 0. The van der Waals surface area contributed by atoms with Crippen molar-refractivity contribution in [2.75, 3.05) is 5.75 Å². The van der Waals surface area contributed by atoms with E-state index in [1.807, 2.05) is 0 Å². The highest BCUT2D eigenvalue weighted by Crippen LogP contribution is 2.15. The van der Waals surface area contributed by atoms with Crippen molar-refractivity contribution in [1.29, 1.82) is 0 Å². The predicted molar refractivity (Wildman–Crippen MR) is 35.4 cm³/mol. The van der Waals surface area contributed by atoms with Gasteiger partial charge >= 0.3 is 0 Å². The average Bonchev–Trinajstić information content (AvgIpc) is 1.64. The quantitative estimate of drug-likeness (QED) is 0.519. The van der Waals surface area contributed by atoms with E-state index in [9.17, 15) is 4.79 Å². The van der Waals surface area contributed by atoms with Crippen LogP contribution in [0, 0.1) is 0 Å². The van der Waals surface area contributed by atoms with Gasteiger partial charge in [0.1, 0.15) is 0 Å². The summed E-state index contributed by atoms with van der Waals surface area (Å²) in [5.74, 6) is 0.676. The fraction of sp³-hybridized carbons (Fsp3) is 0.500. The Morgan fingerprint density at radius 3 is 2.88 bits per heavy atom. The summed E-state index contributed by atoms with van der Waals surface area (Å²) in [4.78, 5) is 13.9. The highest BCUT2D eigenvalue weighted by atomic mass is 35.5. The first-order chi connectivity index (χ1) is 3.79. The van der Waals surface area contributed by atoms with Gasteiger partial charge in [-0.1, -0.05) is 23.4 Å². The number of amides is 1. The highest BCUT2D eigenvalue weighted by Gasteiger charge is 2.08. The minimum absolute atomic E-state index is 0.103. The molecule has 1 heterocycles. The van der Waals surface area contributed by atoms with Crippen LogP contribution in [-0.4, -0.2) is 16.2 Å². The van der Waals surface area contributed by atoms with Gasteiger partial charge in [-0.15, -0.1) is 0 Å². The smallest absolute Gasteiger partial charge is 0.248 e. The molecule has 0 saturated carbocycles. The minimum Gasteiger partial charge on any atom is -0.273 e. The summed E-state index contributed by atoms with van der Waals surface area (Å²) >= 11 is 6.82. The van der Waals surface area contributed by atoms with Crippen molar-refractivity contribution in [2.24, 2.45) is 4.99 Å². The van der Waals surface area contributed by atoms with E-state index in [1.165, 1.54) is 11.8 Å². The van der Waals surface area contributed by atoms with E-state index in [0.717, 1.165) is 5.75 Å². The second-order valence-electron chi connectivity index (χ2n) is 1.36. The van der Waals surface area contributed by atoms with Crippen LogP contribution in [0.3, 0.4) is 0 Å². The molecule has 4 heteroatoms. The van der Waals surface area contributed by atoms with E-state index in [1.54, 1.807) is 0 Å². The molecule has 0 fully saturated rings. The molecule has 0 N–H and O–H groups in total. The molecule has 0 saturated heterocycles. The van der Waals surface area contributed by atoms with Gasteiger partial charge in [0.2, 0.25) is 5.91 Å². The molecule has 0 aliphatic carbocycles. The Hall–Kier alpha value is -0.0200. The molecular formula is C4H4ClNOS. The molecule has 2 nitrogen and oxygen atoms in total. The lowest BCUT2D eigenvalue weighted by atomic mass is 10.5. The van der Waals surface area contributed by atoms with Crippen molar-refractivity contribution in [2.45, 2.75) is 6.42 Å². The Morgan fingerprint density at radius 1 is 1.75 bits per heavy atom. The van der Waals surface area contributed by atoms with E-state index < -0.39 is 0 Å². The molecule has 1 aliphatic heterocycles. The number of hydrogen-bond donors (Lipinski definition) is 0. The number of aliphatic imine (C=N–C) groups is 1.